The van der Waals surface area contributed by atoms with Crippen LogP contribution in [-0.2, 0) is 0 Å². The molecule has 6 nitrogen and oxygen atoms in total. The zero-order valence-electron chi connectivity index (χ0n) is 13.4. The van der Waals surface area contributed by atoms with Crippen LogP contribution in [-0.4, -0.2) is 10.8 Å². The molecule has 0 saturated carbocycles. The van der Waals surface area contributed by atoms with Crippen LogP contribution in [0, 0.1) is 10.1 Å². The van der Waals surface area contributed by atoms with Crippen LogP contribution in [0.3, 0.4) is 0 Å². The Morgan fingerprint density at radius 3 is 2.31 bits per heavy atom. The monoisotopic (exact) mass is 368 g/mol. The van der Waals surface area contributed by atoms with Gasteiger partial charge >= 0.3 is 0 Å². The molecular weight excluding hydrogens is 356 g/mol. The summed E-state index contributed by atoms with van der Waals surface area (Å²) in [7, 11) is 0. The Kier molecular flexibility index (Phi) is 5.15. The molecule has 26 heavy (non-hydrogen) atoms. The Morgan fingerprint density at radius 2 is 1.69 bits per heavy atom. The fourth-order valence-corrected chi connectivity index (χ4v) is 2.43. The Labute approximate surface area is 154 Å². The second-order valence-corrected chi connectivity index (χ2v) is 5.73. The van der Waals surface area contributed by atoms with Crippen molar-refractivity contribution >= 4 is 28.9 Å². The number of rotatable bonds is 5. The fraction of sp³-hybridized carbons (Fsp3) is 0. The van der Waals surface area contributed by atoms with Crippen molar-refractivity contribution in [3.8, 4) is 11.5 Å². The molecule has 3 aromatic rings. The number of carbonyl (C=O) groups is 1. The molecule has 0 aliphatic rings. The van der Waals surface area contributed by atoms with Gasteiger partial charge in [-0.25, -0.2) is 0 Å². The lowest BCUT2D eigenvalue weighted by molar-refractivity contribution is -0.384. The molecule has 1 N–H and O–H groups in total. The van der Waals surface area contributed by atoms with Gasteiger partial charge in [0.05, 0.1) is 9.95 Å². The van der Waals surface area contributed by atoms with Crippen molar-refractivity contribution in [1.29, 1.82) is 0 Å². The number of non-ortho nitro benzene ring substituents is 1. The van der Waals surface area contributed by atoms with Crippen LogP contribution in [0.1, 0.15) is 10.4 Å². The van der Waals surface area contributed by atoms with E-state index in [0.29, 0.717) is 22.7 Å². The van der Waals surface area contributed by atoms with Crippen LogP contribution in [0.5, 0.6) is 11.5 Å². The molecule has 0 atom stereocenters. The molecule has 0 spiro atoms. The maximum absolute atomic E-state index is 12.1. The zero-order chi connectivity index (χ0) is 18.5. The molecule has 0 aromatic heterocycles. The lowest BCUT2D eigenvalue weighted by Crippen LogP contribution is -2.11. The topological polar surface area (TPSA) is 81.5 Å². The van der Waals surface area contributed by atoms with Gasteiger partial charge in [-0.2, -0.15) is 0 Å². The molecule has 0 radical (unpaired) electrons. The van der Waals surface area contributed by atoms with Gasteiger partial charge in [-0.1, -0.05) is 29.8 Å². The maximum Gasteiger partial charge on any atom is 0.271 e. The van der Waals surface area contributed by atoms with E-state index in [2.05, 4.69) is 5.32 Å². The predicted octanol–water partition coefficient (Wildman–Crippen LogP) is 5.29. The predicted molar refractivity (Wildman–Crippen MR) is 99.0 cm³/mol. The molecule has 1 amide bonds. The second-order valence-electron chi connectivity index (χ2n) is 5.32. The molecule has 3 aromatic carbocycles. The third-order valence-electron chi connectivity index (χ3n) is 3.50. The van der Waals surface area contributed by atoms with Gasteiger partial charge < -0.3 is 10.1 Å². The largest absolute Gasteiger partial charge is 0.456 e. The van der Waals surface area contributed by atoms with E-state index >= 15 is 0 Å². The van der Waals surface area contributed by atoms with Crippen LogP contribution in [0.2, 0.25) is 5.02 Å². The third-order valence-corrected chi connectivity index (χ3v) is 3.80. The SMILES string of the molecule is O=C(Nc1ccc(Oc2ccc([N+](=O)[O-])cc2Cl)cc1)c1ccccc1. The van der Waals surface area contributed by atoms with Gasteiger partial charge in [0.2, 0.25) is 0 Å². The number of carbonyl (C=O) groups excluding carboxylic acids is 1. The van der Waals surface area contributed by atoms with Crippen molar-refractivity contribution in [2.75, 3.05) is 5.32 Å². The summed E-state index contributed by atoms with van der Waals surface area (Å²) in [5.41, 5.74) is 1.06. The summed E-state index contributed by atoms with van der Waals surface area (Å²) >= 11 is 6.00. The van der Waals surface area contributed by atoms with Crippen LogP contribution in [0.25, 0.3) is 0 Å². The lowest BCUT2D eigenvalue weighted by atomic mass is 10.2. The third kappa shape index (κ3) is 4.17. The highest BCUT2D eigenvalue weighted by Gasteiger charge is 2.11. The first-order chi connectivity index (χ1) is 12.5. The van der Waals surface area contributed by atoms with Crippen molar-refractivity contribution in [2.24, 2.45) is 0 Å². The summed E-state index contributed by atoms with van der Waals surface area (Å²) in [5, 5.41) is 13.6. The van der Waals surface area contributed by atoms with E-state index in [9.17, 15) is 14.9 Å². The van der Waals surface area contributed by atoms with Gasteiger partial charge in [0.15, 0.2) is 0 Å². The van der Waals surface area contributed by atoms with Crippen LogP contribution < -0.4 is 10.1 Å². The lowest BCUT2D eigenvalue weighted by Gasteiger charge is -2.09. The molecule has 3 rings (SSSR count). The zero-order valence-corrected chi connectivity index (χ0v) is 14.1. The first-order valence-electron chi connectivity index (χ1n) is 7.61. The van der Waals surface area contributed by atoms with Gasteiger partial charge in [0.1, 0.15) is 11.5 Å². The highest BCUT2D eigenvalue weighted by molar-refractivity contribution is 6.32. The van der Waals surface area contributed by atoms with E-state index in [0.717, 1.165) is 0 Å². The molecule has 0 unspecified atom stereocenters. The molecule has 0 aliphatic heterocycles. The van der Waals surface area contributed by atoms with E-state index in [-0.39, 0.29) is 16.6 Å². The average molecular weight is 369 g/mol. The number of hydrogen-bond donors (Lipinski definition) is 1. The molecular formula is C19H13ClN2O4. The number of anilines is 1. The number of nitro groups is 1. The molecule has 0 saturated heterocycles. The quantitative estimate of drug-likeness (QED) is 0.489. The molecule has 0 bridgehead atoms. The minimum atomic E-state index is -0.528. The van der Waals surface area contributed by atoms with Crippen molar-refractivity contribution in [1.82, 2.24) is 0 Å². The molecule has 7 heteroatoms. The smallest absolute Gasteiger partial charge is 0.271 e. The molecule has 0 heterocycles. The van der Waals surface area contributed by atoms with Crippen molar-refractivity contribution < 1.29 is 14.5 Å². The van der Waals surface area contributed by atoms with Gasteiger partial charge in [-0.3, -0.25) is 14.9 Å². The second kappa shape index (κ2) is 7.67. The molecule has 0 fully saturated rings. The standard InChI is InChI=1S/C19H13ClN2O4/c20-17-12-15(22(24)25)8-11-18(17)26-16-9-6-14(7-10-16)21-19(23)13-4-2-1-3-5-13/h1-12H,(H,21,23). The summed E-state index contributed by atoms with van der Waals surface area (Å²) in [6.07, 6.45) is 0. The number of hydrogen-bond acceptors (Lipinski definition) is 4. The normalized spacial score (nSPS) is 10.2. The Bertz CT molecular complexity index is 944. The van der Waals surface area contributed by atoms with Gasteiger partial charge in [-0.05, 0) is 42.5 Å². The van der Waals surface area contributed by atoms with E-state index in [1.54, 1.807) is 48.5 Å². The van der Waals surface area contributed by atoms with E-state index in [1.807, 2.05) is 6.07 Å². The highest BCUT2D eigenvalue weighted by Crippen LogP contribution is 2.32. The number of ether oxygens (including phenoxy) is 1. The van der Waals surface area contributed by atoms with Gasteiger partial charge in [-0.15, -0.1) is 0 Å². The summed E-state index contributed by atoms with van der Waals surface area (Å²) in [4.78, 5) is 22.3. The number of nitro benzene ring substituents is 1. The minimum Gasteiger partial charge on any atom is -0.456 e. The number of nitrogens with zero attached hydrogens (tertiary/aromatic N) is 1. The summed E-state index contributed by atoms with van der Waals surface area (Å²) < 4.78 is 5.62. The van der Waals surface area contributed by atoms with Gasteiger partial charge in [0, 0.05) is 23.4 Å². The first-order valence-corrected chi connectivity index (χ1v) is 7.99. The average Bonchev–Trinajstić information content (AvgIpc) is 2.65. The summed E-state index contributed by atoms with van der Waals surface area (Å²) in [6.45, 7) is 0. The number of benzene rings is 3. The Hall–Kier alpha value is -3.38. The number of amides is 1. The molecule has 0 aliphatic carbocycles. The van der Waals surface area contributed by atoms with Crippen molar-refractivity contribution in [3.63, 3.8) is 0 Å². The van der Waals surface area contributed by atoms with E-state index in [1.165, 1.54) is 18.2 Å². The van der Waals surface area contributed by atoms with Crippen molar-refractivity contribution in [2.45, 2.75) is 0 Å². The minimum absolute atomic E-state index is 0.110. The Balaban J connectivity index is 1.68. The van der Waals surface area contributed by atoms with Crippen LogP contribution >= 0.6 is 11.6 Å². The summed E-state index contributed by atoms with van der Waals surface area (Å²) in [6, 6.07) is 19.6. The number of nitrogens with one attached hydrogen (secondary N) is 1. The Morgan fingerprint density at radius 1 is 1.00 bits per heavy atom. The summed E-state index contributed by atoms with van der Waals surface area (Å²) in [5.74, 6) is 0.578. The van der Waals surface area contributed by atoms with Crippen LogP contribution in [0.15, 0.2) is 72.8 Å². The first kappa shape index (κ1) is 17.4. The fourth-order valence-electron chi connectivity index (χ4n) is 2.21. The van der Waals surface area contributed by atoms with E-state index in [4.69, 9.17) is 16.3 Å². The maximum atomic E-state index is 12.1. The molecule has 130 valence electrons. The highest BCUT2D eigenvalue weighted by atomic mass is 35.5. The van der Waals surface area contributed by atoms with E-state index < -0.39 is 4.92 Å². The van der Waals surface area contributed by atoms with Gasteiger partial charge in [0.25, 0.3) is 11.6 Å². The van der Waals surface area contributed by atoms with Crippen LogP contribution in [0.4, 0.5) is 11.4 Å². The number of halogens is 1. The van der Waals surface area contributed by atoms with Crippen molar-refractivity contribution in [3.05, 3.63) is 93.5 Å².